The van der Waals surface area contributed by atoms with Crippen molar-refractivity contribution in [2.75, 3.05) is 16.8 Å². The lowest BCUT2D eigenvalue weighted by atomic mass is 9.99. The van der Waals surface area contributed by atoms with Crippen LogP contribution in [0.25, 0.3) is 10.8 Å². The lowest BCUT2D eigenvalue weighted by Gasteiger charge is -2.30. The smallest absolute Gasteiger partial charge is 0.280 e. The average Bonchev–Trinajstić information content (AvgIpc) is 3.49. The first-order chi connectivity index (χ1) is 16.0. The van der Waals surface area contributed by atoms with Gasteiger partial charge in [0.1, 0.15) is 11.6 Å². The van der Waals surface area contributed by atoms with Crippen molar-refractivity contribution in [1.29, 1.82) is 0 Å². The highest BCUT2D eigenvalue weighted by molar-refractivity contribution is 7.13. The van der Waals surface area contributed by atoms with Crippen LogP contribution in [0, 0.1) is 12.7 Å². The lowest BCUT2D eigenvalue weighted by molar-refractivity contribution is 0.0978. The quantitative estimate of drug-likeness (QED) is 0.423. The number of thiophene rings is 1. The van der Waals surface area contributed by atoms with Gasteiger partial charge in [-0.1, -0.05) is 12.1 Å². The Morgan fingerprint density at radius 2 is 1.94 bits per heavy atom. The van der Waals surface area contributed by atoms with Crippen molar-refractivity contribution in [2.24, 2.45) is 0 Å². The lowest BCUT2D eigenvalue weighted by Crippen LogP contribution is -2.36. The number of aryl methyl sites for hydroxylation is 1. The molecule has 0 bridgehead atoms. The van der Waals surface area contributed by atoms with E-state index in [4.69, 9.17) is 4.42 Å². The first-order valence-corrected chi connectivity index (χ1v) is 11.4. The summed E-state index contributed by atoms with van der Waals surface area (Å²) in [4.78, 5) is 33.1. The summed E-state index contributed by atoms with van der Waals surface area (Å²) >= 11 is 1.50. The molecule has 4 aromatic rings. The maximum absolute atomic E-state index is 13.4. The standard InChI is InChI=1S/C25H20FN3O3S/c1-15-22(28-24(32-15)21-8-4-14-33-21)25(31)29-13-3-5-18-19(6-2-7-20(18)29)27-23(30)16-9-11-17(26)12-10-16/h2,4,6-12,14H,3,5,13H2,1H3,(H,27,30). The van der Waals surface area contributed by atoms with Crippen LogP contribution >= 0.6 is 11.3 Å². The number of amides is 2. The molecule has 5 rings (SSSR count). The van der Waals surface area contributed by atoms with Crippen LogP contribution in [0.5, 0.6) is 0 Å². The van der Waals surface area contributed by atoms with Crippen LogP contribution < -0.4 is 10.2 Å². The molecule has 0 atom stereocenters. The number of hydrogen-bond acceptors (Lipinski definition) is 5. The van der Waals surface area contributed by atoms with E-state index in [0.29, 0.717) is 29.4 Å². The van der Waals surface area contributed by atoms with Gasteiger partial charge < -0.3 is 14.6 Å². The number of nitrogens with one attached hydrogen (secondary N) is 1. The number of anilines is 2. The molecule has 0 radical (unpaired) electrons. The first-order valence-electron chi connectivity index (χ1n) is 10.5. The summed E-state index contributed by atoms with van der Waals surface area (Å²) in [5.74, 6) is -0.0651. The highest BCUT2D eigenvalue weighted by atomic mass is 32.1. The minimum atomic E-state index is -0.400. The van der Waals surface area contributed by atoms with Crippen LogP contribution in [-0.2, 0) is 6.42 Å². The van der Waals surface area contributed by atoms with Crippen molar-refractivity contribution >= 4 is 34.5 Å². The van der Waals surface area contributed by atoms with Gasteiger partial charge in [-0.25, -0.2) is 9.37 Å². The Kier molecular flexibility index (Phi) is 5.51. The molecule has 2 aromatic heterocycles. The van der Waals surface area contributed by atoms with Gasteiger partial charge in [-0.15, -0.1) is 11.3 Å². The molecule has 6 nitrogen and oxygen atoms in total. The number of halogens is 1. The molecule has 0 spiro atoms. The molecule has 1 N–H and O–H groups in total. The van der Waals surface area contributed by atoms with E-state index in [1.54, 1.807) is 17.9 Å². The Morgan fingerprint density at radius 1 is 1.12 bits per heavy atom. The fraction of sp³-hybridized carbons (Fsp3) is 0.160. The normalized spacial score (nSPS) is 13.0. The minimum Gasteiger partial charge on any atom is -0.440 e. The summed E-state index contributed by atoms with van der Waals surface area (Å²) in [6, 6.07) is 14.7. The molecule has 166 valence electrons. The first kappa shape index (κ1) is 21.1. The van der Waals surface area contributed by atoms with E-state index in [1.807, 2.05) is 29.6 Å². The Bertz CT molecular complexity index is 1330. The number of hydrogen-bond donors (Lipinski definition) is 1. The predicted molar refractivity (Wildman–Crippen MR) is 125 cm³/mol. The molecule has 0 aliphatic carbocycles. The van der Waals surface area contributed by atoms with Gasteiger partial charge in [0.15, 0.2) is 5.69 Å². The topological polar surface area (TPSA) is 75.4 Å². The van der Waals surface area contributed by atoms with E-state index in [1.165, 1.54) is 35.6 Å². The predicted octanol–water partition coefficient (Wildman–Crippen LogP) is 5.70. The van der Waals surface area contributed by atoms with Crippen molar-refractivity contribution < 1.29 is 18.4 Å². The highest BCUT2D eigenvalue weighted by Crippen LogP contribution is 2.35. The molecule has 1 aliphatic rings. The fourth-order valence-electron chi connectivity index (χ4n) is 3.98. The number of rotatable bonds is 4. The number of fused-ring (bicyclic) bond motifs is 1. The van der Waals surface area contributed by atoms with Gasteiger partial charge in [0.25, 0.3) is 11.8 Å². The molecule has 3 heterocycles. The number of aromatic nitrogens is 1. The molecule has 0 saturated heterocycles. The number of carbonyl (C=O) groups is 2. The molecule has 0 unspecified atom stereocenters. The summed E-state index contributed by atoms with van der Waals surface area (Å²) < 4.78 is 19.0. The van der Waals surface area contributed by atoms with Crippen LogP contribution in [0.1, 0.15) is 38.6 Å². The minimum absolute atomic E-state index is 0.234. The number of carbonyl (C=O) groups excluding carboxylic acids is 2. The van der Waals surface area contributed by atoms with Crippen molar-refractivity contribution in [2.45, 2.75) is 19.8 Å². The summed E-state index contributed by atoms with van der Waals surface area (Å²) in [6.45, 7) is 2.28. The summed E-state index contributed by atoms with van der Waals surface area (Å²) in [7, 11) is 0. The molecule has 0 fully saturated rings. The van der Waals surface area contributed by atoms with E-state index in [9.17, 15) is 14.0 Å². The second kappa shape index (κ2) is 8.63. The van der Waals surface area contributed by atoms with Gasteiger partial charge in [-0.2, -0.15) is 0 Å². The zero-order chi connectivity index (χ0) is 22.9. The third-order valence-electron chi connectivity index (χ3n) is 5.58. The van der Waals surface area contributed by atoms with Gasteiger partial charge in [-0.3, -0.25) is 9.59 Å². The van der Waals surface area contributed by atoms with E-state index in [0.717, 1.165) is 29.0 Å². The molecule has 2 amide bonds. The fourth-order valence-corrected chi connectivity index (χ4v) is 4.63. The van der Waals surface area contributed by atoms with Crippen molar-refractivity contribution in [3.63, 3.8) is 0 Å². The zero-order valence-electron chi connectivity index (χ0n) is 17.8. The summed E-state index contributed by atoms with van der Waals surface area (Å²) in [5.41, 5.74) is 2.90. The van der Waals surface area contributed by atoms with Crippen LogP contribution in [0.3, 0.4) is 0 Å². The van der Waals surface area contributed by atoms with Gasteiger partial charge in [0.2, 0.25) is 5.89 Å². The maximum Gasteiger partial charge on any atom is 0.280 e. The van der Waals surface area contributed by atoms with Crippen LogP contribution in [0.15, 0.2) is 64.4 Å². The van der Waals surface area contributed by atoms with Crippen LogP contribution in [0.4, 0.5) is 15.8 Å². The number of benzene rings is 2. The molecule has 2 aromatic carbocycles. The Labute approximate surface area is 193 Å². The highest BCUT2D eigenvalue weighted by Gasteiger charge is 2.29. The van der Waals surface area contributed by atoms with E-state index in [2.05, 4.69) is 10.3 Å². The summed E-state index contributed by atoms with van der Waals surface area (Å²) in [6.07, 6.45) is 1.47. The third-order valence-corrected chi connectivity index (χ3v) is 6.44. The maximum atomic E-state index is 13.4. The third kappa shape index (κ3) is 4.05. The van der Waals surface area contributed by atoms with E-state index >= 15 is 0 Å². The average molecular weight is 462 g/mol. The van der Waals surface area contributed by atoms with Gasteiger partial charge in [0, 0.05) is 23.5 Å². The Morgan fingerprint density at radius 3 is 2.70 bits per heavy atom. The molecular formula is C25H20FN3O3S. The Balaban J connectivity index is 1.43. The van der Waals surface area contributed by atoms with Gasteiger partial charge in [0.05, 0.1) is 4.88 Å². The second-order valence-electron chi connectivity index (χ2n) is 7.73. The Hall–Kier alpha value is -3.78. The molecule has 1 aliphatic heterocycles. The molecule has 0 saturated carbocycles. The zero-order valence-corrected chi connectivity index (χ0v) is 18.6. The molecule has 8 heteroatoms. The van der Waals surface area contributed by atoms with E-state index < -0.39 is 5.82 Å². The second-order valence-corrected chi connectivity index (χ2v) is 8.67. The summed E-state index contributed by atoms with van der Waals surface area (Å²) in [5, 5.41) is 4.84. The van der Waals surface area contributed by atoms with E-state index in [-0.39, 0.29) is 17.5 Å². The van der Waals surface area contributed by atoms with Gasteiger partial charge in [-0.05, 0) is 73.2 Å². The van der Waals surface area contributed by atoms with Crippen molar-refractivity contribution in [3.05, 3.63) is 88.4 Å². The number of nitrogens with zero attached hydrogens (tertiary/aromatic N) is 2. The molecular weight excluding hydrogens is 441 g/mol. The van der Waals surface area contributed by atoms with Gasteiger partial charge >= 0.3 is 0 Å². The SMILES string of the molecule is Cc1oc(-c2cccs2)nc1C(=O)N1CCCc2c(NC(=O)c3ccc(F)cc3)cccc21. The van der Waals surface area contributed by atoms with Crippen molar-refractivity contribution in [1.82, 2.24) is 4.98 Å². The molecule has 33 heavy (non-hydrogen) atoms. The number of oxazole rings is 1. The largest absolute Gasteiger partial charge is 0.440 e. The van der Waals surface area contributed by atoms with Crippen molar-refractivity contribution in [3.8, 4) is 10.8 Å². The van der Waals surface area contributed by atoms with Crippen LogP contribution in [-0.4, -0.2) is 23.3 Å². The van der Waals surface area contributed by atoms with Crippen LogP contribution in [0.2, 0.25) is 0 Å². The monoisotopic (exact) mass is 461 g/mol.